The number of pyridine rings is 1. The van der Waals surface area contributed by atoms with E-state index < -0.39 is 5.56 Å². The van der Waals surface area contributed by atoms with Crippen molar-refractivity contribution in [3.63, 3.8) is 0 Å². The fourth-order valence-electron chi connectivity index (χ4n) is 3.34. The van der Waals surface area contributed by atoms with Crippen molar-refractivity contribution in [1.29, 1.82) is 0 Å². The van der Waals surface area contributed by atoms with Crippen LogP contribution in [0.1, 0.15) is 11.1 Å². The minimum atomic E-state index is -0.394. The maximum absolute atomic E-state index is 12.3. The third-order valence-corrected chi connectivity index (χ3v) is 5.00. The number of hydrogen-bond donors (Lipinski definition) is 4. The Bertz CT molecular complexity index is 1340. The molecular formula is C24H20N2O5. The number of ether oxygens (including phenoxy) is 1. The third-order valence-electron chi connectivity index (χ3n) is 5.00. The van der Waals surface area contributed by atoms with Gasteiger partial charge in [-0.3, -0.25) is 14.8 Å². The highest BCUT2D eigenvalue weighted by Gasteiger charge is 2.11. The minimum Gasteiger partial charge on any atom is -0.504 e. The van der Waals surface area contributed by atoms with Gasteiger partial charge in [0, 0.05) is 17.0 Å². The number of aliphatic imine (C=N–C) groups is 1. The number of aromatic nitrogens is 1. The summed E-state index contributed by atoms with van der Waals surface area (Å²) in [4.78, 5) is 19.1. The fourth-order valence-corrected chi connectivity index (χ4v) is 3.34. The highest BCUT2D eigenvalue weighted by Crippen LogP contribution is 2.29. The van der Waals surface area contributed by atoms with Crippen molar-refractivity contribution < 1.29 is 20.1 Å². The van der Waals surface area contributed by atoms with Gasteiger partial charge in [0.05, 0.1) is 19.2 Å². The monoisotopic (exact) mass is 416 g/mol. The van der Waals surface area contributed by atoms with Gasteiger partial charge in [0.2, 0.25) is 5.88 Å². The zero-order valence-corrected chi connectivity index (χ0v) is 16.7. The summed E-state index contributed by atoms with van der Waals surface area (Å²) in [7, 11) is 1.60. The summed E-state index contributed by atoms with van der Waals surface area (Å²) in [5.74, 6) is 0.0330. The Hall–Kier alpha value is -4.26. The van der Waals surface area contributed by atoms with Crippen LogP contribution in [0.4, 0.5) is 0 Å². The molecule has 31 heavy (non-hydrogen) atoms. The average molecular weight is 416 g/mol. The van der Waals surface area contributed by atoms with E-state index >= 15 is 0 Å². The summed E-state index contributed by atoms with van der Waals surface area (Å²) >= 11 is 0. The molecule has 4 N–H and O–H groups in total. The molecule has 3 aromatic carbocycles. The lowest BCUT2D eigenvalue weighted by atomic mass is 9.99. The Kier molecular flexibility index (Phi) is 5.32. The number of aromatic amines is 1. The van der Waals surface area contributed by atoms with Crippen LogP contribution in [-0.4, -0.2) is 33.6 Å². The summed E-state index contributed by atoms with van der Waals surface area (Å²) < 4.78 is 5.20. The second kappa shape index (κ2) is 8.23. The number of phenols is 2. The zero-order valence-electron chi connectivity index (χ0n) is 16.7. The molecule has 0 aliphatic heterocycles. The number of benzene rings is 3. The van der Waals surface area contributed by atoms with Crippen LogP contribution in [0, 0.1) is 0 Å². The third kappa shape index (κ3) is 4.06. The Morgan fingerprint density at radius 2 is 1.65 bits per heavy atom. The SMILES string of the molecule is COc1ccc(-c2ccc3c(=O)[nH]c(O)c(C=NCc4ccc(O)c(O)c4)c3c2)cc1. The molecule has 0 unspecified atom stereocenters. The van der Waals surface area contributed by atoms with Gasteiger partial charge in [0.1, 0.15) is 5.75 Å². The van der Waals surface area contributed by atoms with E-state index in [1.807, 2.05) is 36.4 Å². The van der Waals surface area contributed by atoms with Gasteiger partial charge >= 0.3 is 0 Å². The van der Waals surface area contributed by atoms with Crippen molar-refractivity contribution in [3.8, 4) is 34.3 Å². The number of aromatic hydroxyl groups is 3. The van der Waals surface area contributed by atoms with E-state index in [0.717, 1.165) is 16.9 Å². The van der Waals surface area contributed by atoms with Crippen molar-refractivity contribution in [3.05, 3.63) is 82.1 Å². The molecule has 0 fully saturated rings. The van der Waals surface area contributed by atoms with Crippen molar-refractivity contribution >= 4 is 17.0 Å². The van der Waals surface area contributed by atoms with Crippen LogP contribution in [0.2, 0.25) is 0 Å². The molecule has 0 amide bonds. The lowest BCUT2D eigenvalue weighted by molar-refractivity contribution is 0.403. The number of fused-ring (bicyclic) bond motifs is 1. The van der Waals surface area contributed by atoms with Crippen LogP contribution in [0.3, 0.4) is 0 Å². The molecule has 0 atom stereocenters. The number of nitrogens with zero attached hydrogens (tertiary/aromatic N) is 1. The Morgan fingerprint density at radius 1 is 0.903 bits per heavy atom. The summed E-state index contributed by atoms with van der Waals surface area (Å²) in [6.45, 7) is 0.214. The largest absolute Gasteiger partial charge is 0.504 e. The minimum absolute atomic E-state index is 0.205. The second-order valence-corrected chi connectivity index (χ2v) is 7.00. The van der Waals surface area contributed by atoms with Crippen LogP contribution in [-0.2, 0) is 6.54 Å². The van der Waals surface area contributed by atoms with Crippen LogP contribution >= 0.6 is 0 Å². The van der Waals surface area contributed by atoms with Crippen molar-refractivity contribution in [2.24, 2.45) is 4.99 Å². The van der Waals surface area contributed by atoms with Crippen molar-refractivity contribution in [2.45, 2.75) is 6.54 Å². The molecule has 4 rings (SSSR count). The van der Waals surface area contributed by atoms with E-state index in [0.29, 0.717) is 21.9 Å². The van der Waals surface area contributed by atoms with E-state index in [-0.39, 0.29) is 23.9 Å². The normalized spacial score (nSPS) is 11.3. The molecule has 4 aromatic rings. The Balaban J connectivity index is 1.74. The predicted molar refractivity (Wildman–Crippen MR) is 119 cm³/mol. The fraction of sp³-hybridized carbons (Fsp3) is 0.0833. The summed E-state index contributed by atoms with van der Waals surface area (Å²) in [5, 5.41) is 30.4. The molecule has 0 bridgehead atoms. The average Bonchev–Trinajstić information content (AvgIpc) is 2.78. The maximum Gasteiger partial charge on any atom is 0.258 e. The Labute approximate surface area is 177 Å². The van der Waals surface area contributed by atoms with Gasteiger partial charge < -0.3 is 20.1 Å². The van der Waals surface area contributed by atoms with Gasteiger partial charge in [-0.1, -0.05) is 24.3 Å². The molecule has 1 aromatic heterocycles. The molecule has 0 aliphatic carbocycles. The number of rotatable bonds is 5. The van der Waals surface area contributed by atoms with Crippen LogP contribution in [0.25, 0.3) is 21.9 Å². The first kappa shape index (κ1) is 20.0. The number of nitrogens with one attached hydrogen (secondary N) is 1. The van der Waals surface area contributed by atoms with Crippen LogP contribution in [0.5, 0.6) is 23.1 Å². The summed E-state index contributed by atoms with van der Waals surface area (Å²) in [6.07, 6.45) is 1.48. The number of methoxy groups -OCH3 is 1. The van der Waals surface area contributed by atoms with E-state index in [9.17, 15) is 20.1 Å². The number of phenolic OH excluding ortho intramolecular Hbond substituents is 2. The molecule has 0 aliphatic rings. The van der Waals surface area contributed by atoms with Gasteiger partial charge in [-0.15, -0.1) is 0 Å². The maximum atomic E-state index is 12.3. The molecule has 0 spiro atoms. The highest BCUT2D eigenvalue weighted by molar-refractivity contribution is 6.02. The lowest BCUT2D eigenvalue weighted by Gasteiger charge is -2.08. The second-order valence-electron chi connectivity index (χ2n) is 7.00. The molecule has 7 nitrogen and oxygen atoms in total. The predicted octanol–water partition coefficient (Wildman–Crippen LogP) is 3.94. The summed E-state index contributed by atoms with van der Waals surface area (Å²) in [6, 6.07) is 17.4. The van der Waals surface area contributed by atoms with E-state index in [1.165, 1.54) is 18.3 Å². The van der Waals surface area contributed by atoms with Gasteiger partial charge in [-0.2, -0.15) is 0 Å². The molecule has 7 heteroatoms. The van der Waals surface area contributed by atoms with E-state index in [2.05, 4.69) is 9.98 Å². The summed E-state index contributed by atoms with van der Waals surface area (Å²) in [5.41, 5.74) is 2.48. The van der Waals surface area contributed by atoms with E-state index in [1.54, 1.807) is 19.2 Å². The Morgan fingerprint density at radius 3 is 2.35 bits per heavy atom. The topological polar surface area (TPSA) is 115 Å². The standard InChI is InChI=1S/C24H20N2O5/c1-31-17-6-3-15(4-7-17)16-5-8-18-19(11-16)20(24(30)26-23(18)29)13-25-12-14-2-9-21(27)22(28)10-14/h2-11,13,27-28H,12H2,1H3,(H2,26,29,30). The van der Waals surface area contributed by atoms with E-state index in [4.69, 9.17) is 4.74 Å². The zero-order chi connectivity index (χ0) is 22.0. The lowest BCUT2D eigenvalue weighted by Crippen LogP contribution is -2.08. The number of H-pyrrole nitrogens is 1. The molecule has 156 valence electrons. The quantitative estimate of drug-likeness (QED) is 0.291. The smallest absolute Gasteiger partial charge is 0.258 e. The van der Waals surface area contributed by atoms with Crippen LogP contribution < -0.4 is 10.3 Å². The van der Waals surface area contributed by atoms with Crippen molar-refractivity contribution in [2.75, 3.05) is 7.11 Å². The number of hydrogen-bond acceptors (Lipinski definition) is 6. The van der Waals surface area contributed by atoms with Gasteiger partial charge in [0.25, 0.3) is 5.56 Å². The molecular weight excluding hydrogens is 396 g/mol. The van der Waals surface area contributed by atoms with Gasteiger partial charge in [0.15, 0.2) is 11.5 Å². The van der Waals surface area contributed by atoms with Crippen molar-refractivity contribution in [1.82, 2.24) is 4.98 Å². The van der Waals surface area contributed by atoms with Gasteiger partial charge in [-0.25, -0.2) is 0 Å². The first-order valence-corrected chi connectivity index (χ1v) is 9.50. The molecule has 0 saturated carbocycles. The molecule has 0 radical (unpaired) electrons. The molecule has 1 heterocycles. The first-order valence-electron chi connectivity index (χ1n) is 9.50. The first-order chi connectivity index (χ1) is 15.0. The highest BCUT2D eigenvalue weighted by atomic mass is 16.5. The van der Waals surface area contributed by atoms with Gasteiger partial charge in [-0.05, 0) is 53.1 Å². The molecule has 0 saturated heterocycles. The van der Waals surface area contributed by atoms with Crippen LogP contribution in [0.15, 0.2) is 70.5 Å².